The van der Waals surface area contributed by atoms with Crippen molar-refractivity contribution in [1.82, 2.24) is 20.6 Å². The number of carbonyl (C=O) groups excluding carboxylic acids is 1. The SMILES string of the molecule is CNCC(C)C(=O)NC(CC(C)C)c1nc2ccccc2[nH]1. The van der Waals surface area contributed by atoms with Crippen LogP contribution >= 0.6 is 0 Å². The zero-order chi connectivity index (χ0) is 16.1. The number of para-hydroxylation sites is 2. The van der Waals surface area contributed by atoms with Crippen LogP contribution in [0.2, 0.25) is 0 Å². The Labute approximate surface area is 131 Å². The first-order valence-electron chi connectivity index (χ1n) is 7.91. The van der Waals surface area contributed by atoms with Crippen LogP contribution in [-0.2, 0) is 4.79 Å². The molecular weight excluding hydrogens is 276 g/mol. The summed E-state index contributed by atoms with van der Waals surface area (Å²) >= 11 is 0. The summed E-state index contributed by atoms with van der Waals surface area (Å²) in [6, 6.07) is 7.85. The maximum absolute atomic E-state index is 12.3. The molecule has 22 heavy (non-hydrogen) atoms. The lowest BCUT2D eigenvalue weighted by molar-refractivity contribution is -0.125. The van der Waals surface area contributed by atoms with Crippen molar-refractivity contribution in [2.45, 2.75) is 33.2 Å². The molecule has 0 fully saturated rings. The summed E-state index contributed by atoms with van der Waals surface area (Å²) in [7, 11) is 1.86. The summed E-state index contributed by atoms with van der Waals surface area (Å²) in [5.41, 5.74) is 1.94. The molecule has 3 N–H and O–H groups in total. The van der Waals surface area contributed by atoms with Gasteiger partial charge in [-0.25, -0.2) is 4.98 Å². The van der Waals surface area contributed by atoms with Crippen molar-refractivity contribution < 1.29 is 4.79 Å². The van der Waals surface area contributed by atoms with Gasteiger partial charge < -0.3 is 15.6 Å². The average Bonchev–Trinajstić information content (AvgIpc) is 2.90. The third kappa shape index (κ3) is 4.07. The molecule has 2 atom stereocenters. The molecule has 1 heterocycles. The van der Waals surface area contributed by atoms with E-state index in [4.69, 9.17) is 0 Å². The molecule has 1 aromatic heterocycles. The van der Waals surface area contributed by atoms with E-state index in [2.05, 4.69) is 34.4 Å². The Kier molecular flexibility index (Phi) is 5.55. The lowest BCUT2D eigenvalue weighted by Gasteiger charge is -2.21. The third-order valence-corrected chi connectivity index (χ3v) is 3.72. The van der Waals surface area contributed by atoms with Gasteiger partial charge in [0.15, 0.2) is 0 Å². The lowest BCUT2D eigenvalue weighted by Crippen LogP contribution is -2.37. The van der Waals surface area contributed by atoms with Gasteiger partial charge in [-0.2, -0.15) is 0 Å². The number of aromatic nitrogens is 2. The Balaban J connectivity index is 2.20. The van der Waals surface area contributed by atoms with Crippen LogP contribution in [0.1, 0.15) is 39.1 Å². The molecule has 2 unspecified atom stereocenters. The van der Waals surface area contributed by atoms with Crippen molar-refractivity contribution in [3.8, 4) is 0 Å². The predicted molar refractivity (Wildman–Crippen MR) is 89.5 cm³/mol. The highest BCUT2D eigenvalue weighted by molar-refractivity contribution is 5.79. The summed E-state index contributed by atoms with van der Waals surface area (Å²) in [6.45, 7) is 6.90. The second-order valence-corrected chi connectivity index (χ2v) is 6.29. The number of benzene rings is 1. The van der Waals surface area contributed by atoms with Gasteiger partial charge in [-0.05, 0) is 31.5 Å². The highest BCUT2D eigenvalue weighted by Crippen LogP contribution is 2.22. The molecule has 2 rings (SSSR count). The van der Waals surface area contributed by atoms with Crippen LogP contribution in [-0.4, -0.2) is 29.5 Å². The Morgan fingerprint density at radius 1 is 1.27 bits per heavy atom. The van der Waals surface area contributed by atoms with Crippen LogP contribution in [0.25, 0.3) is 11.0 Å². The number of carbonyl (C=O) groups is 1. The number of hydrogen-bond donors (Lipinski definition) is 3. The largest absolute Gasteiger partial charge is 0.346 e. The van der Waals surface area contributed by atoms with Crippen molar-refractivity contribution in [3.63, 3.8) is 0 Å². The molecule has 0 radical (unpaired) electrons. The highest BCUT2D eigenvalue weighted by atomic mass is 16.1. The highest BCUT2D eigenvalue weighted by Gasteiger charge is 2.22. The number of H-pyrrole nitrogens is 1. The Hall–Kier alpha value is -1.88. The number of aromatic amines is 1. The van der Waals surface area contributed by atoms with Crippen molar-refractivity contribution >= 4 is 16.9 Å². The maximum Gasteiger partial charge on any atom is 0.224 e. The number of nitrogens with one attached hydrogen (secondary N) is 3. The topological polar surface area (TPSA) is 69.8 Å². The molecule has 120 valence electrons. The monoisotopic (exact) mass is 302 g/mol. The number of imidazole rings is 1. The number of nitrogens with zero attached hydrogens (tertiary/aromatic N) is 1. The number of rotatable bonds is 7. The lowest BCUT2D eigenvalue weighted by atomic mass is 10.0. The molecule has 0 aliphatic carbocycles. The first-order valence-corrected chi connectivity index (χ1v) is 7.91. The Morgan fingerprint density at radius 2 is 2.00 bits per heavy atom. The van der Waals surface area contributed by atoms with Gasteiger partial charge in [0.25, 0.3) is 0 Å². The van der Waals surface area contributed by atoms with Gasteiger partial charge in [0.05, 0.1) is 17.1 Å². The molecular formula is C17H26N4O. The summed E-state index contributed by atoms with van der Waals surface area (Å²) in [4.78, 5) is 20.3. The van der Waals surface area contributed by atoms with Crippen molar-refractivity contribution in [2.75, 3.05) is 13.6 Å². The van der Waals surface area contributed by atoms with Crippen molar-refractivity contribution in [3.05, 3.63) is 30.1 Å². The molecule has 1 amide bonds. The minimum Gasteiger partial charge on any atom is -0.346 e. The van der Waals surface area contributed by atoms with Crippen molar-refractivity contribution in [1.29, 1.82) is 0 Å². The third-order valence-electron chi connectivity index (χ3n) is 3.72. The first-order chi connectivity index (χ1) is 10.5. The summed E-state index contributed by atoms with van der Waals surface area (Å²) in [5.74, 6) is 1.29. The van der Waals surface area contributed by atoms with E-state index in [1.807, 2.05) is 38.2 Å². The van der Waals surface area contributed by atoms with Crippen LogP contribution in [0.5, 0.6) is 0 Å². The van der Waals surface area contributed by atoms with E-state index in [0.29, 0.717) is 12.5 Å². The van der Waals surface area contributed by atoms with Crippen molar-refractivity contribution in [2.24, 2.45) is 11.8 Å². The summed E-state index contributed by atoms with van der Waals surface area (Å²) in [5, 5.41) is 6.18. The fraction of sp³-hybridized carbons (Fsp3) is 0.529. The van der Waals surface area contributed by atoms with Gasteiger partial charge in [-0.15, -0.1) is 0 Å². The molecule has 1 aromatic carbocycles. The van der Waals surface area contributed by atoms with Gasteiger partial charge in [0.2, 0.25) is 5.91 Å². The van der Waals surface area contributed by atoms with E-state index < -0.39 is 0 Å². The standard InChI is InChI=1S/C17H26N4O/c1-11(2)9-15(21-17(22)12(3)10-18-4)16-19-13-7-5-6-8-14(13)20-16/h5-8,11-12,15,18H,9-10H2,1-4H3,(H,19,20)(H,21,22). The van der Waals surface area contributed by atoms with Crippen LogP contribution in [0.15, 0.2) is 24.3 Å². The van der Waals surface area contributed by atoms with Crippen LogP contribution in [0.4, 0.5) is 0 Å². The normalized spacial score (nSPS) is 14.2. The van der Waals surface area contributed by atoms with Gasteiger partial charge in [0, 0.05) is 12.5 Å². The molecule has 0 saturated carbocycles. The maximum atomic E-state index is 12.3. The minimum atomic E-state index is -0.0841. The molecule has 5 nitrogen and oxygen atoms in total. The van der Waals surface area contributed by atoms with E-state index in [1.165, 1.54) is 0 Å². The molecule has 0 saturated heterocycles. The number of fused-ring (bicyclic) bond motifs is 1. The smallest absolute Gasteiger partial charge is 0.224 e. The predicted octanol–water partition coefficient (Wildman–Crippen LogP) is 2.62. The number of hydrogen-bond acceptors (Lipinski definition) is 3. The minimum absolute atomic E-state index is 0.0560. The Bertz CT molecular complexity index is 587. The van der Waals surface area contributed by atoms with E-state index in [9.17, 15) is 4.79 Å². The number of amides is 1. The fourth-order valence-corrected chi connectivity index (χ4v) is 2.56. The molecule has 0 aliphatic rings. The molecule has 0 aliphatic heterocycles. The van der Waals surface area contributed by atoms with E-state index >= 15 is 0 Å². The Morgan fingerprint density at radius 3 is 2.64 bits per heavy atom. The average molecular weight is 302 g/mol. The molecule has 5 heteroatoms. The van der Waals surface area contributed by atoms with Crippen LogP contribution in [0, 0.1) is 11.8 Å². The van der Waals surface area contributed by atoms with Gasteiger partial charge >= 0.3 is 0 Å². The fourth-order valence-electron chi connectivity index (χ4n) is 2.56. The van der Waals surface area contributed by atoms with Gasteiger partial charge in [0.1, 0.15) is 5.82 Å². The zero-order valence-corrected chi connectivity index (χ0v) is 13.8. The van der Waals surface area contributed by atoms with Crippen LogP contribution in [0.3, 0.4) is 0 Å². The first kappa shape index (κ1) is 16.5. The quantitative estimate of drug-likeness (QED) is 0.736. The van der Waals surface area contributed by atoms with E-state index in [1.54, 1.807) is 0 Å². The van der Waals surface area contributed by atoms with E-state index in [-0.39, 0.29) is 17.9 Å². The van der Waals surface area contributed by atoms with Crippen LogP contribution < -0.4 is 10.6 Å². The summed E-state index contributed by atoms with van der Waals surface area (Å²) in [6.07, 6.45) is 0.859. The molecule has 0 spiro atoms. The van der Waals surface area contributed by atoms with E-state index in [0.717, 1.165) is 23.3 Å². The second kappa shape index (κ2) is 7.40. The van der Waals surface area contributed by atoms with Gasteiger partial charge in [-0.1, -0.05) is 32.9 Å². The summed E-state index contributed by atoms with van der Waals surface area (Å²) < 4.78 is 0. The zero-order valence-electron chi connectivity index (χ0n) is 13.8. The molecule has 2 aromatic rings. The molecule has 0 bridgehead atoms. The second-order valence-electron chi connectivity index (χ2n) is 6.29. The van der Waals surface area contributed by atoms with Gasteiger partial charge in [-0.3, -0.25) is 4.79 Å².